The molecular formula is C27H43ClO. The van der Waals surface area contributed by atoms with E-state index in [9.17, 15) is 4.79 Å². The average Bonchev–Trinajstić information content (AvgIpc) is 2.73. The second-order valence-electron chi connectivity index (χ2n) is 8.46. The molecule has 2 heteroatoms. The number of hydrogen-bond donors (Lipinski definition) is 0. The fraction of sp³-hybridized carbons (Fsp3) is 0.667. The molecule has 0 aromatic heterocycles. The van der Waals surface area contributed by atoms with Crippen molar-refractivity contribution in [3.8, 4) is 0 Å². The maximum atomic E-state index is 11.4. The van der Waals surface area contributed by atoms with Crippen molar-refractivity contribution in [1.82, 2.24) is 0 Å². The van der Waals surface area contributed by atoms with Crippen LogP contribution in [-0.2, 0) is 11.2 Å². The van der Waals surface area contributed by atoms with Crippen LogP contribution in [0.4, 0.5) is 0 Å². The van der Waals surface area contributed by atoms with E-state index in [0.29, 0.717) is 5.57 Å². The first kappa shape index (κ1) is 26.0. The smallest absolute Gasteiger partial charge is 0.252 e. The highest BCUT2D eigenvalue weighted by molar-refractivity contribution is 6.74. The molecule has 0 aliphatic rings. The third-order valence-corrected chi connectivity index (χ3v) is 6.11. The molecule has 1 aromatic carbocycles. The second kappa shape index (κ2) is 17.8. The summed E-state index contributed by atoms with van der Waals surface area (Å²) in [6.07, 6.45) is 23.1. The second-order valence-corrected chi connectivity index (χ2v) is 8.81. The highest BCUT2D eigenvalue weighted by Gasteiger charge is 2.10. The van der Waals surface area contributed by atoms with Crippen molar-refractivity contribution in [2.24, 2.45) is 0 Å². The van der Waals surface area contributed by atoms with Gasteiger partial charge in [0, 0.05) is 5.57 Å². The van der Waals surface area contributed by atoms with Gasteiger partial charge in [0.2, 0.25) is 0 Å². The highest BCUT2D eigenvalue weighted by Crippen LogP contribution is 2.22. The summed E-state index contributed by atoms with van der Waals surface area (Å²) in [5.74, 6) is 0. The zero-order chi connectivity index (χ0) is 21.2. The number of benzene rings is 1. The van der Waals surface area contributed by atoms with Crippen LogP contribution >= 0.6 is 11.6 Å². The van der Waals surface area contributed by atoms with Crippen LogP contribution in [0.25, 0.3) is 5.57 Å². The lowest BCUT2D eigenvalue weighted by atomic mass is 9.96. The Morgan fingerprint density at radius 2 is 1.14 bits per heavy atom. The zero-order valence-corrected chi connectivity index (χ0v) is 19.6. The van der Waals surface area contributed by atoms with Crippen molar-refractivity contribution in [3.05, 3.63) is 42.0 Å². The van der Waals surface area contributed by atoms with Crippen molar-refractivity contribution in [2.75, 3.05) is 0 Å². The first-order valence-corrected chi connectivity index (χ1v) is 12.5. The standard InChI is InChI=1S/C27H43ClO/c1-3-4-5-6-7-8-9-10-11-12-13-14-15-16-17-18-21-25-22-19-20-23-26(25)24(2)27(28)29/h19-20,22-23H,2-18,21H2,1H3. The molecule has 0 unspecified atom stereocenters. The Morgan fingerprint density at radius 3 is 1.59 bits per heavy atom. The average molecular weight is 419 g/mol. The van der Waals surface area contributed by atoms with Crippen LogP contribution in [0.5, 0.6) is 0 Å². The number of hydrogen-bond acceptors (Lipinski definition) is 1. The molecule has 0 atom stereocenters. The maximum Gasteiger partial charge on any atom is 0.252 e. The van der Waals surface area contributed by atoms with Crippen LogP contribution in [0.3, 0.4) is 0 Å². The molecule has 0 radical (unpaired) electrons. The number of halogens is 1. The van der Waals surface area contributed by atoms with Crippen LogP contribution in [0.1, 0.15) is 121 Å². The maximum absolute atomic E-state index is 11.4. The summed E-state index contributed by atoms with van der Waals surface area (Å²) in [6, 6.07) is 8.00. The first-order valence-electron chi connectivity index (χ1n) is 12.1. The molecule has 0 heterocycles. The van der Waals surface area contributed by atoms with Gasteiger partial charge in [0.15, 0.2) is 0 Å². The molecule has 0 spiro atoms. The normalized spacial score (nSPS) is 11.0. The molecule has 0 aliphatic carbocycles. The van der Waals surface area contributed by atoms with E-state index in [-0.39, 0.29) is 0 Å². The summed E-state index contributed by atoms with van der Waals surface area (Å²) in [5, 5.41) is -0.454. The minimum Gasteiger partial charge on any atom is -0.276 e. The molecule has 1 rings (SSSR count). The Kier molecular flexibility index (Phi) is 15.9. The van der Waals surface area contributed by atoms with E-state index in [4.69, 9.17) is 11.6 Å². The van der Waals surface area contributed by atoms with Gasteiger partial charge in [-0.2, -0.15) is 0 Å². The molecule has 0 bridgehead atoms. The minimum absolute atomic E-state index is 0.416. The van der Waals surface area contributed by atoms with Crippen LogP contribution in [0.15, 0.2) is 30.8 Å². The summed E-state index contributed by atoms with van der Waals surface area (Å²) in [6.45, 7) is 6.11. The number of aryl methyl sites for hydroxylation is 1. The quantitative estimate of drug-likeness (QED) is 0.124. The summed E-state index contributed by atoms with van der Waals surface area (Å²) >= 11 is 5.60. The van der Waals surface area contributed by atoms with E-state index in [1.165, 1.54) is 108 Å². The SMILES string of the molecule is C=C(C(=O)Cl)c1ccccc1CCCCCCCCCCCCCCCCCC. The highest BCUT2D eigenvalue weighted by atomic mass is 35.5. The van der Waals surface area contributed by atoms with Crippen molar-refractivity contribution >= 4 is 22.4 Å². The third kappa shape index (κ3) is 13.0. The number of unbranched alkanes of at least 4 members (excludes halogenated alkanes) is 15. The van der Waals surface area contributed by atoms with Crippen LogP contribution in [0.2, 0.25) is 0 Å². The summed E-state index contributed by atoms with van der Waals surface area (Å²) in [5.41, 5.74) is 2.52. The van der Waals surface area contributed by atoms with E-state index >= 15 is 0 Å². The molecule has 0 saturated heterocycles. The van der Waals surface area contributed by atoms with Gasteiger partial charge in [0.1, 0.15) is 0 Å². The van der Waals surface area contributed by atoms with Crippen molar-refractivity contribution < 1.29 is 4.79 Å². The Bertz CT molecular complexity index is 563. The molecule has 1 nitrogen and oxygen atoms in total. The molecule has 29 heavy (non-hydrogen) atoms. The summed E-state index contributed by atoms with van der Waals surface area (Å²) in [7, 11) is 0. The molecule has 0 fully saturated rings. The van der Waals surface area contributed by atoms with Gasteiger partial charge in [-0.3, -0.25) is 4.79 Å². The molecule has 164 valence electrons. The lowest BCUT2D eigenvalue weighted by molar-refractivity contribution is -0.106. The van der Waals surface area contributed by atoms with Gasteiger partial charge in [0.25, 0.3) is 5.24 Å². The summed E-state index contributed by atoms with van der Waals surface area (Å²) < 4.78 is 0. The molecule has 1 aromatic rings. The van der Waals surface area contributed by atoms with Gasteiger partial charge in [0.05, 0.1) is 0 Å². The van der Waals surface area contributed by atoms with Crippen LogP contribution in [0, 0.1) is 0 Å². The van der Waals surface area contributed by atoms with Gasteiger partial charge in [-0.25, -0.2) is 0 Å². The lowest BCUT2D eigenvalue weighted by Crippen LogP contribution is -1.98. The largest absolute Gasteiger partial charge is 0.276 e. The Morgan fingerprint density at radius 1 is 0.724 bits per heavy atom. The fourth-order valence-electron chi connectivity index (χ4n) is 4.00. The van der Waals surface area contributed by atoms with Gasteiger partial charge < -0.3 is 0 Å². The van der Waals surface area contributed by atoms with E-state index < -0.39 is 5.24 Å². The Balaban J connectivity index is 1.95. The fourth-order valence-corrected chi connectivity index (χ4v) is 4.10. The lowest BCUT2D eigenvalue weighted by Gasteiger charge is -2.09. The molecule has 0 N–H and O–H groups in total. The van der Waals surface area contributed by atoms with E-state index in [1.54, 1.807) is 0 Å². The zero-order valence-electron chi connectivity index (χ0n) is 18.8. The molecule has 0 saturated carbocycles. The molecule has 0 amide bonds. The van der Waals surface area contributed by atoms with Crippen molar-refractivity contribution in [2.45, 2.75) is 116 Å². The number of carbonyl (C=O) groups excluding carboxylic acids is 1. The van der Waals surface area contributed by atoms with Crippen molar-refractivity contribution in [3.63, 3.8) is 0 Å². The Labute approximate surface area is 185 Å². The van der Waals surface area contributed by atoms with Crippen LogP contribution in [-0.4, -0.2) is 5.24 Å². The van der Waals surface area contributed by atoms with Crippen molar-refractivity contribution in [1.29, 1.82) is 0 Å². The van der Waals surface area contributed by atoms with E-state index in [2.05, 4.69) is 19.6 Å². The van der Waals surface area contributed by atoms with Gasteiger partial charge in [-0.15, -0.1) is 0 Å². The summed E-state index contributed by atoms with van der Waals surface area (Å²) in [4.78, 5) is 11.4. The van der Waals surface area contributed by atoms with Gasteiger partial charge in [-0.1, -0.05) is 134 Å². The van der Waals surface area contributed by atoms with Gasteiger partial charge >= 0.3 is 0 Å². The van der Waals surface area contributed by atoms with E-state index in [1.807, 2.05) is 18.2 Å². The van der Waals surface area contributed by atoms with Gasteiger partial charge in [-0.05, 0) is 35.6 Å². The number of rotatable bonds is 19. The number of allylic oxidation sites excluding steroid dienone is 1. The molecular weight excluding hydrogens is 376 g/mol. The Hall–Kier alpha value is -1.08. The monoisotopic (exact) mass is 418 g/mol. The van der Waals surface area contributed by atoms with E-state index in [0.717, 1.165) is 12.0 Å². The number of carbonyl (C=O) groups is 1. The third-order valence-electron chi connectivity index (χ3n) is 5.88. The topological polar surface area (TPSA) is 17.1 Å². The first-order chi connectivity index (χ1) is 14.2. The minimum atomic E-state index is -0.454. The van der Waals surface area contributed by atoms with Crippen LogP contribution < -0.4 is 0 Å². The predicted molar refractivity (Wildman–Crippen MR) is 130 cm³/mol. The molecule has 0 aliphatic heterocycles. The predicted octanol–water partition coefficient (Wildman–Crippen LogP) is 9.27.